The molecule has 0 aromatic heterocycles. The van der Waals surface area contributed by atoms with Crippen molar-refractivity contribution < 1.29 is 17.9 Å². The summed E-state index contributed by atoms with van der Waals surface area (Å²) in [5, 5.41) is 0.525. The molecule has 6 heteroatoms. The van der Waals surface area contributed by atoms with Crippen LogP contribution in [0.25, 0.3) is 0 Å². The van der Waals surface area contributed by atoms with Crippen molar-refractivity contribution in [2.24, 2.45) is 0 Å². The van der Waals surface area contributed by atoms with E-state index < -0.39 is 21.7 Å². The molecule has 1 atom stereocenters. The number of benzene rings is 1. The van der Waals surface area contributed by atoms with Crippen LogP contribution < -0.4 is 0 Å². The third kappa shape index (κ3) is 4.36. The minimum Gasteiger partial charge on any atom is -0.469 e. The summed E-state index contributed by atoms with van der Waals surface area (Å²) in [7, 11) is -2.04. The van der Waals surface area contributed by atoms with Gasteiger partial charge in [-0.1, -0.05) is 23.7 Å². The summed E-state index contributed by atoms with van der Waals surface area (Å²) in [6.45, 7) is 0. The van der Waals surface area contributed by atoms with Crippen molar-refractivity contribution in [2.75, 3.05) is 19.1 Å². The summed E-state index contributed by atoms with van der Waals surface area (Å²) in [5.74, 6) is -1.66. The topological polar surface area (TPSA) is 60.4 Å². The highest BCUT2D eigenvalue weighted by Crippen LogP contribution is 2.21. The monoisotopic (exact) mass is 276 g/mol. The van der Waals surface area contributed by atoms with E-state index in [1.165, 1.54) is 7.11 Å². The largest absolute Gasteiger partial charge is 0.469 e. The molecule has 0 bridgehead atoms. The number of halogens is 1. The van der Waals surface area contributed by atoms with Crippen molar-refractivity contribution in [3.8, 4) is 0 Å². The van der Waals surface area contributed by atoms with Crippen LogP contribution in [0.3, 0.4) is 0 Å². The van der Waals surface area contributed by atoms with Crippen LogP contribution in [-0.2, 0) is 19.4 Å². The van der Waals surface area contributed by atoms with Gasteiger partial charge in [0, 0.05) is 11.3 Å². The second kappa shape index (κ2) is 5.51. The van der Waals surface area contributed by atoms with Crippen molar-refractivity contribution in [2.45, 2.75) is 5.92 Å². The first kappa shape index (κ1) is 14.0. The van der Waals surface area contributed by atoms with Gasteiger partial charge in [-0.05, 0) is 17.7 Å². The van der Waals surface area contributed by atoms with E-state index in [-0.39, 0.29) is 5.75 Å². The third-order valence-electron chi connectivity index (χ3n) is 2.23. The van der Waals surface area contributed by atoms with Gasteiger partial charge in [-0.2, -0.15) is 0 Å². The summed E-state index contributed by atoms with van der Waals surface area (Å²) in [6.07, 6.45) is 1.08. The van der Waals surface area contributed by atoms with Crippen LogP contribution in [0, 0.1) is 0 Å². The van der Waals surface area contributed by atoms with Crippen LogP contribution >= 0.6 is 11.6 Å². The predicted molar refractivity (Wildman–Crippen MR) is 65.9 cm³/mol. The second-order valence-corrected chi connectivity index (χ2v) is 6.34. The van der Waals surface area contributed by atoms with Crippen LogP contribution in [-0.4, -0.2) is 33.5 Å². The lowest BCUT2D eigenvalue weighted by Crippen LogP contribution is -2.22. The van der Waals surface area contributed by atoms with Gasteiger partial charge in [-0.3, -0.25) is 4.79 Å². The molecule has 94 valence electrons. The van der Waals surface area contributed by atoms with E-state index in [1.807, 2.05) is 0 Å². The van der Waals surface area contributed by atoms with Crippen LogP contribution in [0.2, 0.25) is 5.02 Å². The fourth-order valence-electron chi connectivity index (χ4n) is 1.44. The molecular weight excluding hydrogens is 264 g/mol. The molecule has 0 aliphatic carbocycles. The highest BCUT2D eigenvalue weighted by atomic mass is 35.5. The minimum atomic E-state index is -3.27. The Morgan fingerprint density at radius 1 is 1.35 bits per heavy atom. The summed E-state index contributed by atoms with van der Waals surface area (Å²) >= 11 is 5.73. The van der Waals surface area contributed by atoms with Crippen molar-refractivity contribution in [3.05, 3.63) is 34.9 Å². The van der Waals surface area contributed by atoms with Gasteiger partial charge in [-0.25, -0.2) is 8.42 Å². The van der Waals surface area contributed by atoms with Gasteiger partial charge in [-0.15, -0.1) is 0 Å². The molecule has 0 N–H and O–H groups in total. The van der Waals surface area contributed by atoms with Crippen molar-refractivity contribution in [3.63, 3.8) is 0 Å². The zero-order valence-corrected chi connectivity index (χ0v) is 11.1. The number of hydrogen-bond donors (Lipinski definition) is 0. The van der Waals surface area contributed by atoms with E-state index in [0.717, 1.165) is 6.26 Å². The lowest BCUT2D eigenvalue weighted by atomic mass is 10.0. The second-order valence-electron chi connectivity index (χ2n) is 3.72. The first-order valence-electron chi connectivity index (χ1n) is 4.84. The predicted octanol–water partition coefficient (Wildman–Crippen LogP) is 1.64. The number of hydrogen-bond acceptors (Lipinski definition) is 4. The van der Waals surface area contributed by atoms with Gasteiger partial charge in [0.2, 0.25) is 0 Å². The lowest BCUT2D eigenvalue weighted by Gasteiger charge is -2.13. The Kier molecular flexibility index (Phi) is 4.54. The van der Waals surface area contributed by atoms with Crippen LogP contribution in [0.5, 0.6) is 0 Å². The number of esters is 1. The van der Waals surface area contributed by atoms with Gasteiger partial charge in [0.25, 0.3) is 0 Å². The van der Waals surface area contributed by atoms with Crippen molar-refractivity contribution in [1.82, 2.24) is 0 Å². The fourth-order valence-corrected chi connectivity index (χ4v) is 2.50. The maximum Gasteiger partial charge on any atom is 0.314 e. The van der Waals surface area contributed by atoms with E-state index in [4.69, 9.17) is 11.6 Å². The highest BCUT2D eigenvalue weighted by Gasteiger charge is 2.25. The normalized spacial score (nSPS) is 13.1. The number of carbonyl (C=O) groups excluding carboxylic acids is 1. The molecule has 1 aromatic carbocycles. The van der Waals surface area contributed by atoms with Crippen LogP contribution in [0.1, 0.15) is 11.5 Å². The van der Waals surface area contributed by atoms with E-state index in [2.05, 4.69) is 4.74 Å². The van der Waals surface area contributed by atoms with Gasteiger partial charge in [0.05, 0.1) is 18.8 Å². The van der Waals surface area contributed by atoms with Crippen molar-refractivity contribution >= 4 is 27.4 Å². The molecule has 4 nitrogen and oxygen atoms in total. The Morgan fingerprint density at radius 2 is 1.88 bits per heavy atom. The number of ether oxygens (including phenoxy) is 1. The number of sulfone groups is 1. The molecule has 0 spiro atoms. The van der Waals surface area contributed by atoms with Gasteiger partial charge in [0.1, 0.15) is 9.84 Å². The Hall–Kier alpha value is -1.07. The Bertz CT molecular complexity index is 493. The average molecular weight is 277 g/mol. The van der Waals surface area contributed by atoms with E-state index >= 15 is 0 Å². The third-order valence-corrected chi connectivity index (χ3v) is 3.42. The van der Waals surface area contributed by atoms with Crippen LogP contribution in [0.15, 0.2) is 24.3 Å². The van der Waals surface area contributed by atoms with E-state index in [0.29, 0.717) is 10.6 Å². The smallest absolute Gasteiger partial charge is 0.314 e. The summed E-state index contributed by atoms with van der Waals surface area (Å²) in [5.41, 5.74) is 0.576. The van der Waals surface area contributed by atoms with E-state index in [9.17, 15) is 13.2 Å². The standard InChI is InChI=1S/C11H13ClO4S/c1-16-11(13)10(7-17(2,14)15)8-3-5-9(12)6-4-8/h3-6,10H,7H2,1-2H3. The lowest BCUT2D eigenvalue weighted by molar-refractivity contribution is -0.141. The molecule has 0 aliphatic heterocycles. The number of carbonyl (C=O) groups is 1. The fraction of sp³-hybridized carbons (Fsp3) is 0.364. The van der Waals surface area contributed by atoms with Crippen molar-refractivity contribution in [1.29, 1.82) is 0 Å². The Balaban J connectivity index is 3.06. The summed E-state index contributed by atoms with van der Waals surface area (Å²) in [4.78, 5) is 11.6. The number of methoxy groups -OCH3 is 1. The zero-order chi connectivity index (χ0) is 13.1. The van der Waals surface area contributed by atoms with Crippen LogP contribution in [0.4, 0.5) is 0 Å². The molecule has 0 heterocycles. The molecule has 1 unspecified atom stereocenters. The average Bonchev–Trinajstić information content (AvgIpc) is 2.25. The minimum absolute atomic E-state index is 0.276. The summed E-state index contributed by atoms with van der Waals surface area (Å²) in [6, 6.07) is 6.45. The highest BCUT2D eigenvalue weighted by molar-refractivity contribution is 7.90. The molecule has 0 fully saturated rings. The first-order valence-corrected chi connectivity index (χ1v) is 7.28. The quantitative estimate of drug-likeness (QED) is 0.785. The molecule has 1 rings (SSSR count). The number of rotatable bonds is 4. The SMILES string of the molecule is COC(=O)C(CS(C)(=O)=O)c1ccc(Cl)cc1. The molecule has 1 aromatic rings. The zero-order valence-electron chi connectivity index (χ0n) is 9.51. The molecule has 0 amide bonds. The van der Waals surface area contributed by atoms with E-state index in [1.54, 1.807) is 24.3 Å². The molecule has 0 radical (unpaired) electrons. The Morgan fingerprint density at radius 3 is 2.29 bits per heavy atom. The van der Waals surface area contributed by atoms with Gasteiger partial charge < -0.3 is 4.74 Å². The van der Waals surface area contributed by atoms with Gasteiger partial charge in [0.15, 0.2) is 0 Å². The Labute approximate surface area is 105 Å². The maximum absolute atomic E-state index is 11.6. The summed E-state index contributed by atoms with van der Waals surface area (Å²) < 4.78 is 27.1. The maximum atomic E-state index is 11.6. The molecule has 0 saturated carbocycles. The molecule has 0 saturated heterocycles. The first-order chi connectivity index (χ1) is 7.83. The molecular formula is C11H13ClO4S. The van der Waals surface area contributed by atoms with Gasteiger partial charge >= 0.3 is 5.97 Å². The molecule has 17 heavy (non-hydrogen) atoms. The molecule has 0 aliphatic rings.